The van der Waals surface area contributed by atoms with Crippen LogP contribution in [0.2, 0.25) is 0 Å². The first-order valence-electron chi connectivity index (χ1n) is 10.4. The molecule has 2 aromatic carbocycles. The van der Waals surface area contributed by atoms with Crippen molar-refractivity contribution in [2.24, 2.45) is 0 Å². The summed E-state index contributed by atoms with van der Waals surface area (Å²) in [6.07, 6.45) is -4.85. The predicted molar refractivity (Wildman–Crippen MR) is 121 cm³/mol. The average Bonchev–Trinajstić information content (AvgIpc) is 3.32. The molecule has 0 bridgehead atoms. The number of carbonyl (C=O) groups is 2. The second-order valence-corrected chi connectivity index (χ2v) is 8.56. The molecule has 0 saturated carbocycles. The van der Waals surface area contributed by atoms with Crippen LogP contribution < -0.4 is 10.1 Å². The number of benzene rings is 2. The van der Waals surface area contributed by atoms with Crippen LogP contribution in [0.25, 0.3) is 0 Å². The Morgan fingerprint density at radius 2 is 1.91 bits per heavy atom. The first-order chi connectivity index (χ1) is 16.3. The topological polar surface area (TPSA) is 67.9 Å². The fourth-order valence-corrected chi connectivity index (χ4v) is 4.95. The Labute approximate surface area is 197 Å². The number of rotatable bonds is 7. The molecular formula is C24H21F3N2O4S. The molecule has 0 saturated heterocycles. The van der Waals surface area contributed by atoms with Gasteiger partial charge in [-0.3, -0.25) is 9.59 Å². The molecule has 2 atom stereocenters. The number of hydrogen-bond acceptors (Lipinski definition) is 5. The van der Waals surface area contributed by atoms with Gasteiger partial charge < -0.3 is 19.7 Å². The van der Waals surface area contributed by atoms with Gasteiger partial charge in [0.15, 0.2) is 0 Å². The normalized spacial score (nSPS) is 17.9. The zero-order chi connectivity index (χ0) is 24.3. The van der Waals surface area contributed by atoms with E-state index in [9.17, 15) is 22.8 Å². The Bertz CT molecular complexity index is 1170. The molecule has 2 heterocycles. The Balaban J connectivity index is 1.73. The molecule has 0 aliphatic carbocycles. The summed E-state index contributed by atoms with van der Waals surface area (Å²) in [5, 5.41) is 4.57. The van der Waals surface area contributed by atoms with Crippen molar-refractivity contribution < 1.29 is 32.2 Å². The molecule has 6 nitrogen and oxygen atoms in total. The average molecular weight is 491 g/mol. The summed E-state index contributed by atoms with van der Waals surface area (Å²) in [6, 6.07) is 15.1. The second-order valence-electron chi connectivity index (χ2n) is 7.58. The standard InChI is InChI=1S/C24H21F3N2O4S/c1-32-12-11-29-21(19-10-5-13-34-19)20(17-8-2-3-9-18(17)23(29)31)22(30)28-15-6-4-7-16(14-15)33-24(25,26)27/h2-10,13-14,20-21H,11-12H2,1H3,(H,28,30). The number of anilines is 1. The molecule has 1 aromatic heterocycles. The molecule has 10 heteroatoms. The smallest absolute Gasteiger partial charge is 0.406 e. The fraction of sp³-hybridized carbons (Fsp3) is 0.250. The number of nitrogens with one attached hydrogen (secondary N) is 1. The monoisotopic (exact) mass is 490 g/mol. The molecule has 0 fully saturated rings. The van der Waals surface area contributed by atoms with Crippen molar-refractivity contribution in [3.63, 3.8) is 0 Å². The van der Waals surface area contributed by atoms with E-state index in [1.165, 1.54) is 30.6 Å². The van der Waals surface area contributed by atoms with Gasteiger partial charge in [-0.15, -0.1) is 24.5 Å². The molecule has 178 valence electrons. The van der Waals surface area contributed by atoms with Crippen molar-refractivity contribution in [2.75, 3.05) is 25.6 Å². The van der Waals surface area contributed by atoms with E-state index in [2.05, 4.69) is 10.1 Å². The van der Waals surface area contributed by atoms with Crippen LogP contribution in [0.1, 0.15) is 32.8 Å². The molecule has 1 N–H and O–H groups in total. The summed E-state index contributed by atoms with van der Waals surface area (Å²) >= 11 is 1.42. The molecule has 1 aliphatic heterocycles. The lowest BCUT2D eigenvalue weighted by Gasteiger charge is -2.41. The van der Waals surface area contributed by atoms with Crippen LogP contribution in [-0.4, -0.2) is 43.3 Å². The van der Waals surface area contributed by atoms with Gasteiger partial charge in [0.05, 0.1) is 18.6 Å². The molecule has 2 unspecified atom stereocenters. The summed E-state index contributed by atoms with van der Waals surface area (Å²) in [4.78, 5) is 29.4. The van der Waals surface area contributed by atoms with E-state index in [-0.39, 0.29) is 24.7 Å². The largest absolute Gasteiger partial charge is 0.573 e. The Kier molecular flexibility index (Phi) is 6.90. The Morgan fingerprint density at radius 3 is 2.62 bits per heavy atom. The lowest BCUT2D eigenvalue weighted by atomic mass is 9.81. The zero-order valence-corrected chi connectivity index (χ0v) is 18.9. The van der Waals surface area contributed by atoms with E-state index in [0.717, 1.165) is 17.0 Å². The third kappa shape index (κ3) is 5.07. The van der Waals surface area contributed by atoms with Gasteiger partial charge in [-0.25, -0.2) is 0 Å². The van der Waals surface area contributed by atoms with Crippen LogP contribution in [-0.2, 0) is 9.53 Å². The lowest BCUT2D eigenvalue weighted by Crippen LogP contribution is -2.47. The maximum Gasteiger partial charge on any atom is 0.573 e. The van der Waals surface area contributed by atoms with E-state index >= 15 is 0 Å². The van der Waals surface area contributed by atoms with Gasteiger partial charge in [0, 0.05) is 35.8 Å². The van der Waals surface area contributed by atoms with E-state index in [1.54, 1.807) is 29.2 Å². The van der Waals surface area contributed by atoms with Crippen LogP contribution in [0.4, 0.5) is 18.9 Å². The van der Waals surface area contributed by atoms with Crippen LogP contribution in [0.15, 0.2) is 66.0 Å². The SMILES string of the molecule is COCCN1C(=O)c2ccccc2C(C(=O)Nc2cccc(OC(F)(F)F)c2)C1c1cccs1. The molecule has 4 rings (SSSR count). The highest BCUT2D eigenvalue weighted by molar-refractivity contribution is 7.10. The van der Waals surface area contributed by atoms with Gasteiger partial charge in [-0.05, 0) is 35.2 Å². The summed E-state index contributed by atoms with van der Waals surface area (Å²) in [6.45, 7) is 0.547. The first-order valence-corrected chi connectivity index (χ1v) is 11.3. The van der Waals surface area contributed by atoms with Crippen molar-refractivity contribution in [3.8, 4) is 5.75 Å². The van der Waals surface area contributed by atoms with Crippen LogP contribution >= 0.6 is 11.3 Å². The van der Waals surface area contributed by atoms with Gasteiger partial charge >= 0.3 is 6.36 Å². The molecule has 2 amide bonds. The maximum absolute atomic E-state index is 13.6. The lowest BCUT2D eigenvalue weighted by molar-refractivity contribution is -0.274. The molecule has 0 spiro atoms. The van der Waals surface area contributed by atoms with Gasteiger partial charge in [0.25, 0.3) is 5.91 Å². The number of amides is 2. The molecular weight excluding hydrogens is 469 g/mol. The number of alkyl halides is 3. The summed E-state index contributed by atoms with van der Waals surface area (Å²) in [5.74, 6) is -1.90. The van der Waals surface area contributed by atoms with Gasteiger partial charge in [-0.1, -0.05) is 30.3 Å². The third-order valence-electron chi connectivity index (χ3n) is 5.43. The second kappa shape index (κ2) is 9.86. The van der Waals surface area contributed by atoms with Crippen molar-refractivity contribution >= 4 is 28.8 Å². The fourth-order valence-electron chi connectivity index (χ4n) is 4.08. The van der Waals surface area contributed by atoms with Crippen LogP contribution in [0.3, 0.4) is 0 Å². The van der Waals surface area contributed by atoms with E-state index in [0.29, 0.717) is 11.1 Å². The van der Waals surface area contributed by atoms with Gasteiger partial charge in [-0.2, -0.15) is 0 Å². The van der Waals surface area contributed by atoms with Crippen molar-refractivity contribution in [1.29, 1.82) is 0 Å². The Morgan fingerprint density at radius 1 is 1.12 bits per heavy atom. The summed E-state index contributed by atoms with van der Waals surface area (Å²) in [7, 11) is 1.53. The van der Waals surface area contributed by atoms with Crippen LogP contribution in [0, 0.1) is 0 Å². The van der Waals surface area contributed by atoms with Crippen LogP contribution in [0.5, 0.6) is 5.75 Å². The van der Waals surface area contributed by atoms with E-state index in [4.69, 9.17) is 4.74 Å². The van der Waals surface area contributed by atoms with Crippen molar-refractivity contribution in [1.82, 2.24) is 4.90 Å². The van der Waals surface area contributed by atoms with Crippen molar-refractivity contribution in [3.05, 3.63) is 82.0 Å². The van der Waals surface area contributed by atoms with Gasteiger partial charge in [0.1, 0.15) is 5.75 Å². The molecule has 0 radical (unpaired) electrons. The first kappa shape index (κ1) is 23.8. The number of halogens is 3. The maximum atomic E-state index is 13.6. The quantitative estimate of drug-likeness (QED) is 0.494. The minimum Gasteiger partial charge on any atom is -0.406 e. The summed E-state index contributed by atoms with van der Waals surface area (Å²) < 4.78 is 47.0. The minimum absolute atomic E-state index is 0.148. The third-order valence-corrected chi connectivity index (χ3v) is 6.37. The Hall–Kier alpha value is -3.37. The highest BCUT2D eigenvalue weighted by atomic mass is 32.1. The number of nitrogens with zero attached hydrogens (tertiary/aromatic N) is 1. The van der Waals surface area contributed by atoms with Crippen molar-refractivity contribution in [2.45, 2.75) is 18.3 Å². The number of hydrogen-bond donors (Lipinski definition) is 1. The highest BCUT2D eigenvalue weighted by Gasteiger charge is 2.44. The molecule has 34 heavy (non-hydrogen) atoms. The summed E-state index contributed by atoms with van der Waals surface area (Å²) in [5.41, 5.74) is 1.11. The zero-order valence-electron chi connectivity index (χ0n) is 18.0. The number of ether oxygens (including phenoxy) is 2. The predicted octanol–water partition coefficient (Wildman–Crippen LogP) is 5.21. The number of fused-ring (bicyclic) bond motifs is 1. The number of carbonyl (C=O) groups excluding carboxylic acids is 2. The minimum atomic E-state index is -4.85. The van der Waals surface area contributed by atoms with Gasteiger partial charge in [0.2, 0.25) is 5.91 Å². The molecule has 3 aromatic rings. The van der Waals surface area contributed by atoms with E-state index < -0.39 is 30.0 Å². The van der Waals surface area contributed by atoms with E-state index in [1.807, 2.05) is 17.5 Å². The number of thiophene rings is 1. The highest BCUT2D eigenvalue weighted by Crippen LogP contribution is 2.44. The molecule has 1 aliphatic rings. The number of methoxy groups -OCH3 is 1.